The Kier molecular flexibility index (Phi) is 73.1. The molecule has 0 heterocycles. The third-order valence-corrected chi connectivity index (χ3v) is 0. The number of rotatable bonds is 0. The molecular weight excluding hydrogens is 229 g/mol. The fourth-order valence-corrected chi connectivity index (χ4v) is 0. The fourth-order valence-electron chi connectivity index (χ4n) is 0. The maximum absolute atomic E-state index is 8.12. The molecule has 0 radical (unpaired) electrons. The van der Waals surface area contributed by atoms with Gasteiger partial charge < -0.3 is 0 Å². The molecule has 2 N–H and O–H groups in total. The first-order chi connectivity index (χ1) is 2.83. The summed E-state index contributed by atoms with van der Waals surface area (Å²) in [5.41, 5.74) is 0. The summed E-state index contributed by atoms with van der Waals surface area (Å²) in [4.78, 5) is 16.2. The van der Waals surface area contributed by atoms with E-state index in [4.69, 9.17) is 20.2 Å². The summed E-state index contributed by atoms with van der Waals surface area (Å²) in [5.74, 6) is 0. The molecule has 0 saturated carbocycles. The number of hydrogen-bond acceptors (Lipinski definition) is 4. The van der Waals surface area contributed by atoms with Crippen LogP contribution in [0.15, 0.2) is 0 Å². The molecule has 0 unspecified atom stereocenters. The van der Waals surface area contributed by atoms with Gasteiger partial charge in [-0.1, -0.05) is 0 Å². The van der Waals surface area contributed by atoms with E-state index in [1.807, 2.05) is 0 Å². The quantitative estimate of drug-likeness (QED) is 0.251. The third-order valence-electron chi connectivity index (χ3n) is 0. The van der Waals surface area contributed by atoms with Gasteiger partial charge >= 0.3 is 48.9 Å². The van der Waals surface area contributed by atoms with Crippen molar-refractivity contribution >= 4 is 48.9 Å². The second-order valence-electron chi connectivity index (χ2n) is 0.167. The first kappa shape index (κ1) is 15.7. The van der Waals surface area contributed by atoms with Crippen LogP contribution in [0.25, 0.3) is 0 Å². The first-order valence-corrected chi connectivity index (χ1v) is 0.816. The average Bonchev–Trinajstić information content (AvgIpc) is 1.39. The van der Waals surface area contributed by atoms with Crippen LogP contribution >= 0.6 is 0 Å². The number of hydrogen-bond donors (Lipinski definition) is 2. The van der Waals surface area contributed by atoms with E-state index in [1.165, 1.54) is 0 Å². The fraction of sp³-hybridized carbons (Fsp3) is 0. The monoisotopic (exact) mass is 234 g/mol. The average molecular weight is 233 g/mol. The van der Waals surface area contributed by atoms with Gasteiger partial charge in [0.1, 0.15) is 0 Å². The summed E-state index contributed by atoms with van der Waals surface area (Å²) in [6.45, 7) is 0. The van der Waals surface area contributed by atoms with E-state index in [0.29, 0.717) is 0 Å². The van der Waals surface area contributed by atoms with E-state index in [-0.39, 0.29) is 59.6 Å². The van der Waals surface area contributed by atoms with Crippen molar-refractivity contribution in [3.63, 3.8) is 0 Å². The predicted molar refractivity (Wildman–Crippen MR) is 23.9 cm³/mol. The molecule has 0 aliphatic rings. The molecular formula is H4BaN2O4. The summed E-state index contributed by atoms with van der Waals surface area (Å²) in [6.07, 6.45) is 0. The van der Waals surface area contributed by atoms with Gasteiger partial charge in [-0.15, -0.1) is 0 Å². The summed E-state index contributed by atoms with van der Waals surface area (Å²) >= 11 is 0. The van der Waals surface area contributed by atoms with Crippen LogP contribution in [0.5, 0.6) is 0 Å². The Morgan fingerprint density at radius 3 is 1.00 bits per heavy atom. The van der Waals surface area contributed by atoms with Crippen molar-refractivity contribution < 1.29 is 10.7 Å². The van der Waals surface area contributed by atoms with Crippen molar-refractivity contribution in [3.8, 4) is 0 Å². The standard InChI is InChI=1S/Ba.2HNO2.2H/c;2*2-1-3;;/h;2*1H;;. The van der Waals surface area contributed by atoms with E-state index in [0.717, 1.165) is 0 Å². The zero-order valence-corrected chi connectivity index (χ0v) is 2.63. The van der Waals surface area contributed by atoms with E-state index < -0.39 is 0 Å². The van der Waals surface area contributed by atoms with Gasteiger partial charge in [0.25, 0.3) is 0 Å². The Bertz CT molecular complexity index is 30.7. The van der Waals surface area contributed by atoms with Crippen molar-refractivity contribution in [2.75, 3.05) is 0 Å². The van der Waals surface area contributed by atoms with Gasteiger partial charge in [-0.2, -0.15) is 0 Å². The predicted octanol–water partition coefficient (Wildman–Crippen LogP) is -4.25. The zero-order chi connectivity index (χ0) is 5.41. The van der Waals surface area contributed by atoms with E-state index in [2.05, 4.69) is 0 Å². The van der Waals surface area contributed by atoms with Crippen LogP contribution in [0.4, 0.5) is 0 Å². The van der Waals surface area contributed by atoms with Crippen LogP contribution in [0.1, 0.15) is 0 Å². The van der Waals surface area contributed by atoms with Crippen molar-refractivity contribution in [2.24, 2.45) is 0 Å². The van der Waals surface area contributed by atoms with Crippen LogP contribution in [0, 0.1) is 20.2 Å². The molecule has 0 aromatic rings. The van der Waals surface area contributed by atoms with Gasteiger partial charge in [-0.05, 0) is 0 Å². The van der Waals surface area contributed by atoms with Crippen LogP contribution in [-0.2, 0) is 0 Å². The molecule has 6 nitrogen and oxygen atoms in total. The van der Waals surface area contributed by atoms with Gasteiger partial charge in [0, 0.05) is 10.7 Å². The Morgan fingerprint density at radius 1 is 1.00 bits per heavy atom. The van der Waals surface area contributed by atoms with E-state index in [1.54, 1.807) is 0 Å². The molecule has 0 aromatic heterocycles. The molecule has 0 bridgehead atoms. The van der Waals surface area contributed by atoms with Crippen LogP contribution in [0.2, 0.25) is 0 Å². The molecule has 7 heteroatoms. The van der Waals surface area contributed by atoms with Gasteiger partial charge in [0.2, 0.25) is 0 Å². The first-order valence-electron chi connectivity index (χ1n) is 0.816. The molecule has 0 fully saturated rings. The molecule has 0 spiro atoms. The number of nitrogens with one attached hydrogen (secondary N) is 2. The summed E-state index contributed by atoms with van der Waals surface area (Å²) in [5, 5.41) is 16.8. The molecule has 40 valence electrons. The topological polar surface area (TPSA) is 108 Å². The van der Waals surface area contributed by atoms with Gasteiger partial charge in [0.15, 0.2) is 0 Å². The molecule has 0 amide bonds. The second kappa shape index (κ2) is 32.7. The van der Waals surface area contributed by atoms with Crippen LogP contribution < -0.4 is 10.7 Å². The molecule has 0 aromatic carbocycles. The summed E-state index contributed by atoms with van der Waals surface area (Å²) in [7, 11) is 0. The maximum atomic E-state index is 8.12. The zero-order valence-electron chi connectivity index (χ0n) is 2.63. The SMILES string of the molecule is O=[NH+][O-].O=[NH+][O-].[BaH2]. The van der Waals surface area contributed by atoms with Crippen molar-refractivity contribution in [1.82, 2.24) is 0 Å². The van der Waals surface area contributed by atoms with E-state index in [9.17, 15) is 0 Å². The molecule has 0 aliphatic heterocycles. The third kappa shape index (κ3) is 883. The Labute approximate surface area is 78.8 Å². The molecule has 0 rings (SSSR count). The molecule has 7 heavy (non-hydrogen) atoms. The summed E-state index contributed by atoms with van der Waals surface area (Å²) < 4.78 is 0. The van der Waals surface area contributed by atoms with Crippen LogP contribution in [0.3, 0.4) is 0 Å². The molecule has 0 aliphatic carbocycles. The summed E-state index contributed by atoms with van der Waals surface area (Å²) in [6, 6.07) is 0. The Hall–Kier alpha value is 0.371. The van der Waals surface area contributed by atoms with Crippen molar-refractivity contribution in [3.05, 3.63) is 20.2 Å². The van der Waals surface area contributed by atoms with Crippen molar-refractivity contribution in [1.29, 1.82) is 0 Å². The molecule has 0 saturated heterocycles. The van der Waals surface area contributed by atoms with Crippen LogP contribution in [-0.4, -0.2) is 48.9 Å². The van der Waals surface area contributed by atoms with Gasteiger partial charge in [-0.3, -0.25) is 20.2 Å². The van der Waals surface area contributed by atoms with Crippen molar-refractivity contribution in [2.45, 2.75) is 0 Å². The second-order valence-corrected chi connectivity index (χ2v) is 0.167. The van der Waals surface area contributed by atoms with E-state index >= 15 is 0 Å². The minimum absolute atomic E-state index is 0. The van der Waals surface area contributed by atoms with Gasteiger partial charge in [0.05, 0.1) is 0 Å². The minimum atomic E-state index is 0. The molecule has 0 atom stereocenters. The normalized spacial score (nSPS) is 3.43. The Balaban J connectivity index is -0.0000000400. The Morgan fingerprint density at radius 2 is 1.00 bits per heavy atom. The van der Waals surface area contributed by atoms with Gasteiger partial charge in [-0.25, -0.2) is 0 Å².